The monoisotopic (exact) mass is 291 g/mol. The fourth-order valence-electron chi connectivity index (χ4n) is 2.06. The van der Waals surface area contributed by atoms with Gasteiger partial charge in [-0.2, -0.15) is 4.98 Å². The van der Waals surface area contributed by atoms with E-state index in [1.54, 1.807) is 30.6 Å². The second-order valence-corrected chi connectivity index (χ2v) is 5.23. The number of benzene rings is 1. The quantitative estimate of drug-likeness (QED) is 0.785. The molecule has 0 saturated carbocycles. The van der Waals surface area contributed by atoms with Gasteiger partial charge in [-0.15, -0.1) is 11.3 Å². The lowest BCUT2D eigenvalue weighted by atomic mass is 10.2. The molecule has 2 aromatic heterocycles. The molecule has 0 aliphatic rings. The van der Waals surface area contributed by atoms with Crippen LogP contribution in [0.4, 0.5) is 4.39 Å². The van der Waals surface area contributed by atoms with Gasteiger partial charge in [-0.25, -0.2) is 4.39 Å². The van der Waals surface area contributed by atoms with Crippen LogP contribution < -0.4 is 10.1 Å². The number of rotatable bonds is 5. The first-order chi connectivity index (χ1) is 9.78. The fraction of sp³-hybridized carbons (Fsp3) is 0.214. The molecule has 104 valence electrons. The topological polar surface area (TPSA) is 38.6 Å². The van der Waals surface area contributed by atoms with Gasteiger partial charge in [-0.05, 0) is 17.7 Å². The van der Waals surface area contributed by atoms with Gasteiger partial charge in [0.25, 0.3) is 0 Å². The molecule has 0 fully saturated rings. The second kappa shape index (κ2) is 5.60. The average molecular weight is 291 g/mol. The van der Waals surface area contributed by atoms with Crippen LogP contribution in [-0.4, -0.2) is 16.5 Å². The highest BCUT2D eigenvalue weighted by Gasteiger charge is 2.12. The van der Waals surface area contributed by atoms with Crippen molar-refractivity contribution in [3.05, 3.63) is 52.9 Å². The molecule has 1 aromatic carbocycles. The standard InChI is InChI=1S/C14H14FN3OS/c1-19-13-12(18-6-7-20-14(18)17-13)9-16-8-10-2-4-11(15)5-3-10/h2-7,16H,8-9H2,1H3. The molecule has 0 radical (unpaired) electrons. The van der Waals surface area contributed by atoms with E-state index in [1.807, 2.05) is 16.0 Å². The summed E-state index contributed by atoms with van der Waals surface area (Å²) in [5, 5.41) is 5.31. The fourth-order valence-corrected chi connectivity index (χ4v) is 2.79. The molecule has 20 heavy (non-hydrogen) atoms. The molecule has 0 amide bonds. The number of fused-ring (bicyclic) bond motifs is 1. The molecule has 6 heteroatoms. The number of hydrogen-bond acceptors (Lipinski definition) is 4. The summed E-state index contributed by atoms with van der Waals surface area (Å²) in [4.78, 5) is 5.32. The lowest BCUT2D eigenvalue weighted by Crippen LogP contribution is -2.14. The minimum absolute atomic E-state index is 0.216. The molecule has 3 aromatic rings. The summed E-state index contributed by atoms with van der Waals surface area (Å²) in [5.74, 6) is 0.426. The lowest BCUT2D eigenvalue weighted by Gasteiger charge is -2.06. The van der Waals surface area contributed by atoms with Crippen LogP contribution >= 0.6 is 11.3 Å². The molecule has 3 rings (SSSR count). The number of hydrogen-bond donors (Lipinski definition) is 1. The average Bonchev–Trinajstić information content (AvgIpc) is 3.02. The van der Waals surface area contributed by atoms with E-state index in [0.717, 1.165) is 16.2 Å². The van der Waals surface area contributed by atoms with E-state index in [0.29, 0.717) is 19.0 Å². The number of halogens is 1. The number of ether oxygens (including phenoxy) is 1. The van der Waals surface area contributed by atoms with E-state index in [-0.39, 0.29) is 5.82 Å². The number of methoxy groups -OCH3 is 1. The van der Waals surface area contributed by atoms with Crippen LogP contribution in [0.2, 0.25) is 0 Å². The number of nitrogens with zero attached hydrogens (tertiary/aromatic N) is 2. The minimum atomic E-state index is -0.216. The van der Waals surface area contributed by atoms with Crippen LogP contribution in [0, 0.1) is 5.82 Å². The highest BCUT2D eigenvalue weighted by molar-refractivity contribution is 7.15. The first kappa shape index (κ1) is 13.1. The van der Waals surface area contributed by atoms with Crippen LogP contribution in [0.3, 0.4) is 0 Å². The third-order valence-electron chi connectivity index (χ3n) is 3.05. The van der Waals surface area contributed by atoms with Gasteiger partial charge in [0.2, 0.25) is 5.88 Å². The molecule has 4 nitrogen and oxygen atoms in total. The molecule has 0 bridgehead atoms. The number of nitrogens with one attached hydrogen (secondary N) is 1. The Balaban J connectivity index is 1.70. The van der Waals surface area contributed by atoms with Crippen molar-refractivity contribution in [2.75, 3.05) is 7.11 Å². The first-order valence-electron chi connectivity index (χ1n) is 6.21. The molecular weight excluding hydrogens is 277 g/mol. The van der Waals surface area contributed by atoms with Gasteiger partial charge in [0.05, 0.1) is 7.11 Å². The molecule has 1 N–H and O–H groups in total. The normalized spacial score (nSPS) is 11.1. The predicted octanol–water partition coefficient (Wildman–Crippen LogP) is 2.83. The van der Waals surface area contributed by atoms with E-state index >= 15 is 0 Å². The van der Waals surface area contributed by atoms with Gasteiger partial charge in [-0.1, -0.05) is 12.1 Å². The lowest BCUT2D eigenvalue weighted by molar-refractivity contribution is 0.393. The summed E-state index contributed by atoms with van der Waals surface area (Å²) in [6, 6.07) is 6.48. The van der Waals surface area contributed by atoms with Crippen LogP contribution in [0.15, 0.2) is 35.8 Å². The smallest absolute Gasteiger partial charge is 0.237 e. The summed E-state index contributed by atoms with van der Waals surface area (Å²) in [6.07, 6.45) is 1.98. The van der Waals surface area contributed by atoms with E-state index < -0.39 is 0 Å². The Morgan fingerprint density at radius 2 is 2.10 bits per heavy atom. The van der Waals surface area contributed by atoms with Crippen molar-refractivity contribution in [2.45, 2.75) is 13.1 Å². The largest absolute Gasteiger partial charge is 0.480 e. The van der Waals surface area contributed by atoms with E-state index in [2.05, 4.69) is 10.3 Å². The highest BCUT2D eigenvalue weighted by Crippen LogP contribution is 2.22. The maximum Gasteiger partial charge on any atom is 0.237 e. The van der Waals surface area contributed by atoms with Gasteiger partial charge in [0.1, 0.15) is 11.5 Å². The third-order valence-corrected chi connectivity index (χ3v) is 3.81. The van der Waals surface area contributed by atoms with Crippen molar-refractivity contribution >= 4 is 16.3 Å². The number of aromatic nitrogens is 2. The van der Waals surface area contributed by atoms with Gasteiger partial charge in [0.15, 0.2) is 4.96 Å². The third kappa shape index (κ3) is 2.52. The Labute approximate surface area is 119 Å². The summed E-state index contributed by atoms with van der Waals surface area (Å²) >= 11 is 1.57. The van der Waals surface area contributed by atoms with Crippen molar-refractivity contribution in [3.63, 3.8) is 0 Å². The number of thiazole rings is 1. The van der Waals surface area contributed by atoms with Crippen LogP contribution in [0.25, 0.3) is 4.96 Å². The molecule has 0 aliphatic heterocycles. The highest BCUT2D eigenvalue weighted by atomic mass is 32.1. The van der Waals surface area contributed by atoms with Crippen molar-refractivity contribution in [3.8, 4) is 5.88 Å². The van der Waals surface area contributed by atoms with Gasteiger partial charge >= 0.3 is 0 Å². The Hall–Kier alpha value is -1.92. The van der Waals surface area contributed by atoms with Gasteiger partial charge in [-0.3, -0.25) is 4.40 Å². The second-order valence-electron chi connectivity index (χ2n) is 4.35. The van der Waals surface area contributed by atoms with Crippen molar-refractivity contribution in [1.82, 2.24) is 14.7 Å². The Kier molecular flexibility index (Phi) is 3.66. The molecule has 2 heterocycles. The van der Waals surface area contributed by atoms with Gasteiger partial charge in [0, 0.05) is 24.7 Å². The maximum atomic E-state index is 12.8. The Morgan fingerprint density at radius 3 is 2.85 bits per heavy atom. The number of imidazole rings is 1. The summed E-state index contributed by atoms with van der Waals surface area (Å²) in [5.41, 5.74) is 2.03. The summed E-state index contributed by atoms with van der Waals surface area (Å²) < 4.78 is 20.1. The first-order valence-corrected chi connectivity index (χ1v) is 7.09. The van der Waals surface area contributed by atoms with Crippen LogP contribution in [0.1, 0.15) is 11.3 Å². The van der Waals surface area contributed by atoms with Crippen molar-refractivity contribution < 1.29 is 9.13 Å². The summed E-state index contributed by atoms with van der Waals surface area (Å²) in [7, 11) is 1.62. The van der Waals surface area contributed by atoms with Crippen molar-refractivity contribution in [2.24, 2.45) is 0 Å². The van der Waals surface area contributed by atoms with E-state index in [1.165, 1.54) is 12.1 Å². The Morgan fingerprint density at radius 1 is 1.30 bits per heavy atom. The predicted molar refractivity (Wildman–Crippen MR) is 76.6 cm³/mol. The zero-order chi connectivity index (χ0) is 13.9. The van der Waals surface area contributed by atoms with Crippen LogP contribution in [0.5, 0.6) is 5.88 Å². The SMILES string of the molecule is COc1nc2sccn2c1CNCc1ccc(F)cc1. The zero-order valence-corrected chi connectivity index (χ0v) is 11.8. The van der Waals surface area contributed by atoms with Gasteiger partial charge < -0.3 is 10.1 Å². The Bertz CT molecular complexity index is 705. The molecule has 0 unspecified atom stereocenters. The van der Waals surface area contributed by atoms with Crippen molar-refractivity contribution in [1.29, 1.82) is 0 Å². The minimum Gasteiger partial charge on any atom is -0.480 e. The molecule has 0 aliphatic carbocycles. The molecule has 0 spiro atoms. The van der Waals surface area contributed by atoms with Crippen LogP contribution in [-0.2, 0) is 13.1 Å². The molecular formula is C14H14FN3OS. The molecule has 0 saturated heterocycles. The summed E-state index contributed by atoms with van der Waals surface area (Å²) in [6.45, 7) is 1.30. The van der Waals surface area contributed by atoms with E-state index in [4.69, 9.17) is 4.74 Å². The maximum absolute atomic E-state index is 12.8. The van der Waals surface area contributed by atoms with E-state index in [9.17, 15) is 4.39 Å². The molecule has 0 atom stereocenters. The zero-order valence-electron chi connectivity index (χ0n) is 11.0.